The summed E-state index contributed by atoms with van der Waals surface area (Å²) in [4.78, 5) is 25.9. The number of amides is 2. The summed E-state index contributed by atoms with van der Waals surface area (Å²) in [6, 6.07) is 4.89. The van der Waals surface area contributed by atoms with Crippen molar-refractivity contribution < 1.29 is 18.0 Å². The second-order valence-corrected chi connectivity index (χ2v) is 10.6. The highest BCUT2D eigenvalue weighted by atomic mass is 32.2. The van der Waals surface area contributed by atoms with Crippen molar-refractivity contribution in [2.24, 2.45) is 0 Å². The SMILES string of the molecule is CC(C)(C)NC(=O)CN1CCCN(S(=O)(=O)c2ccc3c(c2)CCC(=O)N3)CC1. The van der Waals surface area contributed by atoms with Gasteiger partial charge in [-0.1, -0.05) is 0 Å². The van der Waals surface area contributed by atoms with Gasteiger partial charge in [0, 0.05) is 37.3 Å². The summed E-state index contributed by atoms with van der Waals surface area (Å²) in [5.74, 6) is -0.0956. The molecule has 0 unspecified atom stereocenters. The van der Waals surface area contributed by atoms with Crippen LogP contribution in [0.1, 0.15) is 39.2 Å². The van der Waals surface area contributed by atoms with E-state index in [1.165, 1.54) is 4.31 Å². The van der Waals surface area contributed by atoms with E-state index in [1.54, 1.807) is 18.2 Å². The zero-order valence-corrected chi connectivity index (χ0v) is 18.1. The van der Waals surface area contributed by atoms with Gasteiger partial charge >= 0.3 is 0 Å². The third kappa shape index (κ3) is 5.55. The lowest BCUT2D eigenvalue weighted by molar-refractivity contribution is -0.123. The molecule has 2 N–H and O–H groups in total. The van der Waals surface area contributed by atoms with Crippen LogP contribution in [0.25, 0.3) is 0 Å². The molecule has 1 aromatic carbocycles. The molecule has 0 saturated carbocycles. The van der Waals surface area contributed by atoms with Gasteiger partial charge in [0.1, 0.15) is 0 Å². The molecule has 8 nitrogen and oxygen atoms in total. The Morgan fingerprint density at radius 2 is 1.90 bits per heavy atom. The van der Waals surface area contributed by atoms with Crippen LogP contribution in [0.5, 0.6) is 0 Å². The topological polar surface area (TPSA) is 98.8 Å². The van der Waals surface area contributed by atoms with Crippen molar-refractivity contribution >= 4 is 27.5 Å². The molecule has 0 spiro atoms. The Morgan fingerprint density at radius 1 is 1.14 bits per heavy atom. The molecule has 3 rings (SSSR count). The lowest BCUT2D eigenvalue weighted by atomic mass is 10.0. The van der Waals surface area contributed by atoms with Crippen LogP contribution in [0.2, 0.25) is 0 Å². The van der Waals surface area contributed by atoms with Gasteiger partial charge in [-0.15, -0.1) is 0 Å². The molecule has 29 heavy (non-hydrogen) atoms. The number of carbonyl (C=O) groups is 2. The summed E-state index contributed by atoms with van der Waals surface area (Å²) >= 11 is 0. The smallest absolute Gasteiger partial charge is 0.243 e. The summed E-state index contributed by atoms with van der Waals surface area (Å²) in [5.41, 5.74) is 1.25. The van der Waals surface area contributed by atoms with E-state index >= 15 is 0 Å². The Hall–Kier alpha value is -1.97. The molecule has 2 amide bonds. The molecule has 0 bridgehead atoms. The number of sulfonamides is 1. The van der Waals surface area contributed by atoms with E-state index in [1.807, 2.05) is 25.7 Å². The van der Waals surface area contributed by atoms with E-state index in [-0.39, 0.29) is 28.8 Å². The number of hydrogen-bond acceptors (Lipinski definition) is 5. The van der Waals surface area contributed by atoms with E-state index in [0.717, 1.165) is 5.56 Å². The maximum atomic E-state index is 13.1. The van der Waals surface area contributed by atoms with Gasteiger partial charge in [-0.3, -0.25) is 14.5 Å². The highest BCUT2D eigenvalue weighted by Gasteiger charge is 2.29. The summed E-state index contributed by atoms with van der Waals surface area (Å²) in [6.07, 6.45) is 1.58. The minimum absolute atomic E-state index is 0.0452. The van der Waals surface area contributed by atoms with Gasteiger partial charge in [0.15, 0.2) is 0 Å². The lowest BCUT2D eigenvalue weighted by Gasteiger charge is -2.25. The fraction of sp³-hybridized carbons (Fsp3) is 0.600. The molecule has 1 aromatic rings. The molecule has 2 heterocycles. The van der Waals surface area contributed by atoms with Crippen LogP contribution in [0, 0.1) is 0 Å². The largest absolute Gasteiger partial charge is 0.350 e. The number of benzene rings is 1. The highest BCUT2D eigenvalue weighted by molar-refractivity contribution is 7.89. The van der Waals surface area contributed by atoms with Crippen molar-refractivity contribution in [3.05, 3.63) is 23.8 Å². The van der Waals surface area contributed by atoms with Crippen LogP contribution in [0.15, 0.2) is 23.1 Å². The molecule has 0 aliphatic carbocycles. The first kappa shape index (κ1) is 21.7. The van der Waals surface area contributed by atoms with Gasteiger partial charge in [0.25, 0.3) is 0 Å². The van der Waals surface area contributed by atoms with E-state index in [4.69, 9.17) is 0 Å². The third-order valence-corrected chi connectivity index (χ3v) is 6.93. The van der Waals surface area contributed by atoms with Crippen LogP contribution in [0.3, 0.4) is 0 Å². The zero-order valence-electron chi connectivity index (χ0n) is 17.3. The Kier molecular flexibility index (Phi) is 6.30. The summed E-state index contributed by atoms with van der Waals surface area (Å²) in [5, 5.41) is 5.72. The fourth-order valence-corrected chi connectivity index (χ4v) is 5.20. The fourth-order valence-electron chi connectivity index (χ4n) is 3.68. The van der Waals surface area contributed by atoms with Gasteiger partial charge < -0.3 is 10.6 Å². The van der Waals surface area contributed by atoms with Gasteiger partial charge in [0.2, 0.25) is 21.8 Å². The maximum Gasteiger partial charge on any atom is 0.243 e. The van der Waals surface area contributed by atoms with Crippen LogP contribution < -0.4 is 10.6 Å². The van der Waals surface area contributed by atoms with Crippen molar-refractivity contribution in [2.75, 3.05) is 38.0 Å². The molecule has 2 aliphatic rings. The molecule has 1 fully saturated rings. The van der Waals surface area contributed by atoms with Gasteiger partial charge in [-0.2, -0.15) is 4.31 Å². The minimum atomic E-state index is -3.62. The van der Waals surface area contributed by atoms with Crippen molar-refractivity contribution in [2.45, 2.75) is 50.5 Å². The van der Waals surface area contributed by atoms with Crippen LogP contribution in [-0.2, 0) is 26.0 Å². The number of carbonyl (C=O) groups excluding carboxylic acids is 2. The third-order valence-electron chi connectivity index (χ3n) is 5.04. The van der Waals surface area contributed by atoms with Crippen LogP contribution in [-0.4, -0.2) is 67.7 Å². The van der Waals surface area contributed by atoms with Gasteiger partial charge in [-0.05, 0) is 63.9 Å². The number of rotatable bonds is 4. The Balaban J connectivity index is 1.66. The molecule has 0 atom stereocenters. The van der Waals surface area contributed by atoms with Crippen LogP contribution in [0.4, 0.5) is 5.69 Å². The van der Waals surface area contributed by atoms with Gasteiger partial charge in [-0.25, -0.2) is 8.42 Å². The number of nitrogens with zero attached hydrogens (tertiary/aromatic N) is 2. The standard InChI is InChI=1S/C20H30N4O4S/c1-20(2,3)22-19(26)14-23-9-4-10-24(12-11-23)29(27,28)16-6-7-17-15(13-16)5-8-18(25)21-17/h6-7,13H,4-5,8-12,14H2,1-3H3,(H,21,25)(H,22,26). The molecule has 1 saturated heterocycles. The average molecular weight is 423 g/mol. The summed E-state index contributed by atoms with van der Waals surface area (Å²) < 4.78 is 27.8. The summed E-state index contributed by atoms with van der Waals surface area (Å²) in [7, 11) is -3.62. The van der Waals surface area contributed by atoms with E-state index < -0.39 is 10.0 Å². The minimum Gasteiger partial charge on any atom is -0.350 e. The first-order valence-electron chi connectivity index (χ1n) is 10.0. The van der Waals surface area contributed by atoms with E-state index in [2.05, 4.69) is 10.6 Å². The molecular weight excluding hydrogens is 392 g/mol. The van der Waals surface area contributed by atoms with E-state index in [9.17, 15) is 18.0 Å². The monoisotopic (exact) mass is 422 g/mol. The van der Waals surface area contributed by atoms with E-state index in [0.29, 0.717) is 51.1 Å². The molecule has 2 aliphatic heterocycles. The molecule has 9 heteroatoms. The Morgan fingerprint density at radius 3 is 2.62 bits per heavy atom. The number of nitrogens with one attached hydrogen (secondary N) is 2. The molecular formula is C20H30N4O4S. The van der Waals surface area contributed by atoms with Crippen molar-refractivity contribution in [1.29, 1.82) is 0 Å². The first-order valence-corrected chi connectivity index (χ1v) is 11.4. The number of aryl methyl sites for hydroxylation is 1. The highest BCUT2D eigenvalue weighted by Crippen LogP contribution is 2.27. The summed E-state index contributed by atoms with van der Waals surface area (Å²) in [6.45, 7) is 8.04. The van der Waals surface area contributed by atoms with Crippen molar-refractivity contribution in [3.8, 4) is 0 Å². The maximum absolute atomic E-state index is 13.1. The quantitative estimate of drug-likeness (QED) is 0.759. The normalized spacial score (nSPS) is 19.2. The van der Waals surface area contributed by atoms with Crippen molar-refractivity contribution in [1.82, 2.24) is 14.5 Å². The zero-order chi connectivity index (χ0) is 21.2. The lowest BCUT2D eigenvalue weighted by Crippen LogP contribution is -2.46. The number of fused-ring (bicyclic) bond motifs is 1. The van der Waals surface area contributed by atoms with Crippen molar-refractivity contribution in [3.63, 3.8) is 0 Å². The van der Waals surface area contributed by atoms with Crippen LogP contribution >= 0.6 is 0 Å². The average Bonchev–Trinajstić information content (AvgIpc) is 2.85. The second kappa shape index (κ2) is 8.41. The van der Waals surface area contributed by atoms with Gasteiger partial charge in [0.05, 0.1) is 11.4 Å². The Labute approximate surface area is 172 Å². The number of anilines is 1. The Bertz CT molecular complexity index is 892. The molecule has 160 valence electrons. The molecule has 0 aromatic heterocycles. The molecule has 0 radical (unpaired) electrons. The number of hydrogen-bond donors (Lipinski definition) is 2. The first-order chi connectivity index (χ1) is 13.5. The second-order valence-electron chi connectivity index (χ2n) is 8.70. The predicted octanol–water partition coefficient (Wildman–Crippen LogP) is 1.18. The predicted molar refractivity (Wildman–Crippen MR) is 111 cm³/mol.